The van der Waals surface area contributed by atoms with Crippen LogP contribution in [0.25, 0.3) is 21.8 Å². The lowest BCUT2D eigenvalue weighted by molar-refractivity contribution is -0.134. The van der Waals surface area contributed by atoms with Crippen molar-refractivity contribution in [1.82, 2.24) is 34.5 Å². The van der Waals surface area contributed by atoms with Crippen molar-refractivity contribution in [3.8, 4) is 5.75 Å². The van der Waals surface area contributed by atoms with Gasteiger partial charge in [-0.1, -0.05) is 11.6 Å². The Labute approximate surface area is 364 Å². The number of nitrogens with zero attached hydrogens (tertiary/aromatic N) is 7. The van der Waals surface area contributed by atoms with Gasteiger partial charge in [0.25, 0.3) is 5.56 Å². The minimum Gasteiger partial charge on any atom is -0.480 e. The number of imide groups is 1. The molecule has 4 aliphatic heterocycles. The summed E-state index contributed by atoms with van der Waals surface area (Å²) in [4.78, 5) is 51.2. The van der Waals surface area contributed by atoms with Gasteiger partial charge in [-0.05, 0) is 99.6 Å². The van der Waals surface area contributed by atoms with Crippen molar-refractivity contribution in [3.63, 3.8) is 0 Å². The monoisotopic (exact) mass is 890 g/mol. The van der Waals surface area contributed by atoms with E-state index in [4.69, 9.17) is 16.3 Å². The van der Waals surface area contributed by atoms with E-state index in [1.165, 1.54) is 36.0 Å². The molecule has 0 spiro atoms. The lowest BCUT2D eigenvalue weighted by Crippen LogP contribution is -2.44. The number of ether oxygens (including phenoxy) is 1. The molecule has 3 aromatic heterocycles. The topological polar surface area (TPSA) is 152 Å². The van der Waals surface area contributed by atoms with Gasteiger partial charge in [-0.25, -0.2) is 22.5 Å². The summed E-state index contributed by atoms with van der Waals surface area (Å²) in [5.74, 6) is -4.93. The lowest BCUT2D eigenvalue weighted by Gasteiger charge is -2.38. The number of halogens is 5. The number of benzene rings is 2. The molecule has 63 heavy (non-hydrogen) atoms. The number of likely N-dealkylation sites (tertiary alicyclic amines) is 1. The van der Waals surface area contributed by atoms with Crippen molar-refractivity contribution in [1.29, 1.82) is 0 Å². The summed E-state index contributed by atoms with van der Waals surface area (Å²) in [7, 11) is 3.24. The zero-order valence-corrected chi connectivity index (χ0v) is 35.6. The van der Waals surface area contributed by atoms with E-state index in [0.29, 0.717) is 66.2 Å². The zero-order valence-electron chi connectivity index (χ0n) is 34.8. The van der Waals surface area contributed by atoms with E-state index in [1.54, 1.807) is 11.7 Å². The van der Waals surface area contributed by atoms with Crippen molar-refractivity contribution < 1.29 is 31.9 Å². The molecule has 19 heteroatoms. The number of anilines is 4. The molecule has 1 unspecified atom stereocenters. The van der Waals surface area contributed by atoms with Crippen molar-refractivity contribution >= 4 is 68.4 Å². The van der Waals surface area contributed by atoms with E-state index in [-0.39, 0.29) is 63.5 Å². The first-order valence-electron chi connectivity index (χ1n) is 21.6. The molecule has 4 fully saturated rings. The molecule has 14 nitrogen and oxygen atoms in total. The third kappa shape index (κ3) is 7.72. The fourth-order valence-corrected chi connectivity index (χ4v) is 10.1. The van der Waals surface area contributed by atoms with Crippen molar-refractivity contribution in [2.45, 2.75) is 75.2 Å². The Kier molecular flexibility index (Phi) is 10.5. The van der Waals surface area contributed by atoms with E-state index >= 15 is 17.6 Å². The van der Waals surface area contributed by atoms with Crippen LogP contribution in [0.5, 0.6) is 5.75 Å². The molecule has 0 radical (unpaired) electrons. The standard InChI is InChI=1S/C44H47ClF4N10O4/c1-56-33-18-31(47)32(16-28(33)37-38(42(56)62)63-21-44(48,49)39(53-37)24-3-4-24)51-40-29(45)19-50-43(54-40)59-13-7-22(8-14-59)20-58-11-9-23(10-12-58)26-17-34-27(15-30(26)46)36(55-57(34)2)25-5-6-35(60)52-41(25)61/h15-19,22-25,39,53H,3-14,20-21H2,1-2H3,(H,50,51,54)(H,52,60,61)/t25?,39-/m0/s1. The van der Waals surface area contributed by atoms with Gasteiger partial charge in [-0.15, -0.1) is 0 Å². The maximum atomic E-state index is 15.8. The third-order valence-corrected chi connectivity index (χ3v) is 14.0. The minimum atomic E-state index is -3.22. The Morgan fingerprint density at radius 3 is 2.41 bits per heavy atom. The normalized spacial score (nSPS) is 22.4. The number of alkyl halides is 2. The minimum absolute atomic E-state index is 0.0164. The number of aryl methyl sites for hydroxylation is 2. The van der Waals surface area contributed by atoms with Crippen molar-refractivity contribution in [3.05, 3.63) is 68.7 Å². The van der Waals surface area contributed by atoms with Gasteiger partial charge >= 0.3 is 5.92 Å². The fraction of sp³-hybridized carbons (Fsp3) is 0.500. The van der Waals surface area contributed by atoms with Crippen LogP contribution in [0.4, 0.5) is 40.7 Å². The van der Waals surface area contributed by atoms with E-state index in [2.05, 4.69) is 40.8 Å². The van der Waals surface area contributed by atoms with Gasteiger partial charge in [0.2, 0.25) is 23.5 Å². The van der Waals surface area contributed by atoms with Gasteiger partial charge in [-0.2, -0.15) is 10.1 Å². The van der Waals surface area contributed by atoms with E-state index in [9.17, 15) is 14.4 Å². The second kappa shape index (κ2) is 15.9. The first-order valence-corrected chi connectivity index (χ1v) is 22.0. The Bertz CT molecular complexity index is 2730. The van der Waals surface area contributed by atoms with Gasteiger partial charge in [0.1, 0.15) is 16.7 Å². The average Bonchev–Trinajstić information content (AvgIpc) is 4.07. The van der Waals surface area contributed by atoms with Crippen LogP contribution >= 0.6 is 11.6 Å². The predicted molar refractivity (Wildman–Crippen MR) is 229 cm³/mol. The molecule has 3 saturated heterocycles. The summed E-state index contributed by atoms with van der Waals surface area (Å²) in [6.07, 6.45) is 6.72. The smallest absolute Gasteiger partial charge is 0.301 e. The zero-order chi connectivity index (χ0) is 43.9. The number of nitrogens with one attached hydrogen (secondary N) is 3. The Balaban J connectivity index is 0.780. The second-order valence-electron chi connectivity index (χ2n) is 17.8. The number of hydrogen-bond acceptors (Lipinski definition) is 11. The molecule has 3 N–H and O–H groups in total. The summed E-state index contributed by atoms with van der Waals surface area (Å²) in [5.41, 5.74) is 1.58. The number of fused-ring (bicyclic) bond motifs is 4. The van der Waals surface area contributed by atoms with Crippen LogP contribution in [0.15, 0.2) is 35.3 Å². The molecular weight excluding hydrogens is 844 g/mol. The largest absolute Gasteiger partial charge is 0.480 e. The molecule has 0 bridgehead atoms. The molecule has 5 aliphatic rings. The third-order valence-electron chi connectivity index (χ3n) is 13.7. The van der Waals surface area contributed by atoms with Crippen LogP contribution in [0, 0.1) is 23.5 Å². The summed E-state index contributed by atoms with van der Waals surface area (Å²) < 4.78 is 70.2. The summed E-state index contributed by atoms with van der Waals surface area (Å²) in [6.45, 7) is 3.05. The van der Waals surface area contributed by atoms with Crippen LogP contribution < -0.4 is 31.1 Å². The predicted octanol–water partition coefficient (Wildman–Crippen LogP) is 6.72. The molecular formula is C44H47ClF4N10O4. The van der Waals surface area contributed by atoms with Gasteiger partial charge in [-0.3, -0.25) is 24.4 Å². The molecule has 332 valence electrons. The number of aromatic nitrogens is 5. The van der Waals surface area contributed by atoms with Crippen LogP contribution in [0.2, 0.25) is 5.02 Å². The molecule has 7 heterocycles. The van der Waals surface area contributed by atoms with Gasteiger partial charge < -0.3 is 29.7 Å². The van der Waals surface area contributed by atoms with Crippen LogP contribution in [0.1, 0.15) is 74.5 Å². The Hall–Kier alpha value is -5.49. The first kappa shape index (κ1) is 41.5. The summed E-state index contributed by atoms with van der Waals surface area (Å²) in [5, 5.41) is 14.0. The van der Waals surface area contributed by atoms with Crippen molar-refractivity contribution in [2.24, 2.45) is 25.9 Å². The highest BCUT2D eigenvalue weighted by Gasteiger charge is 2.51. The molecule has 2 atom stereocenters. The highest BCUT2D eigenvalue weighted by atomic mass is 35.5. The van der Waals surface area contributed by atoms with Gasteiger partial charge in [0.05, 0.1) is 46.3 Å². The number of carbonyl (C=O) groups is 2. The Morgan fingerprint density at radius 2 is 1.68 bits per heavy atom. The van der Waals surface area contributed by atoms with E-state index in [0.717, 1.165) is 50.8 Å². The maximum Gasteiger partial charge on any atom is 0.301 e. The van der Waals surface area contributed by atoms with Crippen LogP contribution in [0.3, 0.4) is 0 Å². The van der Waals surface area contributed by atoms with E-state index < -0.39 is 41.8 Å². The SMILES string of the molecule is Cn1nc(C2CCC(=O)NC2=O)c2cc(F)c(C3CCN(CC4CCN(c5ncc(Cl)c(Nc6cc7c8c(c(=O)n(C)c7cc6F)OCC(F)(F)[C@H](C6CC6)N8)n5)CC4)CC3)cc21. The van der Waals surface area contributed by atoms with Gasteiger partial charge in [0, 0.05) is 57.0 Å². The molecule has 10 rings (SSSR count). The molecule has 1 saturated carbocycles. The summed E-state index contributed by atoms with van der Waals surface area (Å²) >= 11 is 6.55. The van der Waals surface area contributed by atoms with E-state index in [1.807, 2.05) is 6.07 Å². The number of piperidine rings is 3. The maximum absolute atomic E-state index is 15.8. The highest BCUT2D eigenvalue weighted by Crippen LogP contribution is 2.46. The number of pyridine rings is 1. The lowest BCUT2D eigenvalue weighted by atomic mass is 9.86. The number of hydrogen-bond donors (Lipinski definition) is 3. The van der Waals surface area contributed by atoms with Crippen molar-refractivity contribution in [2.75, 3.05) is 54.9 Å². The molecule has 1 aliphatic carbocycles. The highest BCUT2D eigenvalue weighted by molar-refractivity contribution is 6.33. The number of rotatable bonds is 8. The number of carbonyl (C=O) groups excluding carboxylic acids is 2. The first-order chi connectivity index (χ1) is 30.2. The van der Waals surface area contributed by atoms with Gasteiger partial charge in [0.15, 0.2) is 12.4 Å². The second-order valence-corrected chi connectivity index (χ2v) is 18.2. The number of amides is 2. The summed E-state index contributed by atoms with van der Waals surface area (Å²) in [6, 6.07) is 4.78. The van der Waals surface area contributed by atoms with Crippen LogP contribution in [-0.2, 0) is 23.7 Å². The fourth-order valence-electron chi connectivity index (χ4n) is 9.99. The quantitative estimate of drug-likeness (QED) is 0.113. The van der Waals surface area contributed by atoms with Crippen LogP contribution in [-0.4, -0.2) is 92.3 Å². The molecule has 2 aromatic carbocycles. The molecule has 5 aromatic rings. The average molecular weight is 891 g/mol. The molecule has 2 amide bonds. The Morgan fingerprint density at radius 1 is 0.921 bits per heavy atom.